The van der Waals surface area contributed by atoms with Crippen LogP contribution in [0, 0.1) is 0 Å². The number of hydrogen-bond donors (Lipinski definition) is 0. The van der Waals surface area contributed by atoms with Crippen molar-refractivity contribution in [3.05, 3.63) is 35.9 Å². The minimum Gasteiger partial charge on any atom is -0.459 e. The van der Waals surface area contributed by atoms with Crippen LogP contribution in [0.4, 0.5) is 0 Å². The number of rotatable bonds is 6. The predicted octanol–water partition coefficient (Wildman–Crippen LogP) is 3.48. The van der Waals surface area contributed by atoms with Crippen LogP contribution in [0.15, 0.2) is 30.3 Å². The Labute approximate surface area is 132 Å². The maximum Gasteiger partial charge on any atom is 0.303 e. The van der Waals surface area contributed by atoms with E-state index in [9.17, 15) is 4.79 Å². The third-order valence-corrected chi connectivity index (χ3v) is 4.24. The monoisotopic (exact) mass is 306 g/mol. The SMILES string of the molecule is CCC1(COCc2ccccc2)CC(OC(C)=O)C(C)(C)O1. The van der Waals surface area contributed by atoms with E-state index in [2.05, 4.69) is 6.92 Å². The Balaban J connectivity index is 1.96. The van der Waals surface area contributed by atoms with E-state index in [-0.39, 0.29) is 12.1 Å². The lowest BCUT2D eigenvalue weighted by atomic mass is 9.93. The van der Waals surface area contributed by atoms with Gasteiger partial charge in [-0.15, -0.1) is 0 Å². The van der Waals surface area contributed by atoms with Gasteiger partial charge in [-0.05, 0) is 25.8 Å². The van der Waals surface area contributed by atoms with Gasteiger partial charge in [0.25, 0.3) is 0 Å². The number of ether oxygens (including phenoxy) is 3. The van der Waals surface area contributed by atoms with Gasteiger partial charge < -0.3 is 14.2 Å². The molecule has 122 valence electrons. The molecule has 0 radical (unpaired) electrons. The zero-order chi connectivity index (χ0) is 16.2. The Morgan fingerprint density at radius 2 is 2.00 bits per heavy atom. The molecule has 0 saturated carbocycles. The average Bonchev–Trinajstić information content (AvgIpc) is 2.71. The molecule has 0 amide bonds. The van der Waals surface area contributed by atoms with E-state index in [1.54, 1.807) is 0 Å². The average molecular weight is 306 g/mol. The summed E-state index contributed by atoms with van der Waals surface area (Å²) in [7, 11) is 0. The largest absolute Gasteiger partial charge is 0.459 e. The smallest absolute Gasteiger partial charge is 0.303 e. The van der Waals surface area contributed by atoms with Crippen LogP contribution in [0.1, 0.15) is 46.1 Å². The standard InChI is InChI=1S/C18H26O4/c1-5-18(13-20-12-15-9-7-6-8-10-15)11-16(21-14(2)19)17(3,4)22-18/h6-10,16H,5,11-13H2,1-4H3. The summed E-state index contributed by atoms with van der Waals surface area (Å²) in [5.74, 6) is -0.265. The Morgan fingerprint density at radius 3 is 2.59 bits per heavy atom. The molecular weight excluding hydrogens is 280 g/mol. The highest BCUT2D eigenvalue weighted by Gasteiger charge is 2.52. The van der Waals surface area contributed by atoms with Crippen LogP contribution in [0.2, 0.25) is 0 Å². The topological polar surface area (TPSA) is 44.8 Å². The van der Waals surface area contributed by atoms with E-state index in [1.807, 2.05) is 44.2 Å². The fourth-order valence-electron chi connectivity index (χ4n) is 2.97. The van der Waals surface area contributed by atoms with Gasteiger partial charge in [0.1, 0.15) is 11.7 Å². The molecule has 1 saturated heterocycles. The van der Waals surface area contributed by atoms with Crippen molar-refractivity contribution in [3.8, 4) is 0 Å². The first kappa shape index (κ1) is 17.0. The molecule has 1 aliphatic rings. The Morgan fingerprint density at radius 1 is 1.32 bits per heavy atom. The van der Waals surface area contributed by atoms with Crippen molar-refractivity contribution in [2.75, 3.05) is 6.61 Å². The second-order valence-electron chi connectivity index (χ2n) is 6.52. The molecule has 2 unspecified atom stereocenters. The number of benzene rings is 1. The van der Waals surface area contributed by atoms with Crippen molar-refractivity contribution in [2.45, 2.75) is 64.4 Å². The third-order valence-electron chi connectivity index (χ3n) is 4.24. The van der Waals surface area contributed by atoms with E-state index < -0.39 is 11.2 Å². The molecule has 2 atom stereocenters. The second-order valence-corrected chi connectivity index (χ2v) is 6.52. The van der Waals surface area contributed by atoms with Gasteiger partial charge in [0.15, 0.2) is 0 Å². The van der Waals surface area contributed by atoms with Crippen LogP contribution in [-0.2, 0) is 25.6 Å². The van der Waals surface area contributed by atoms with Crippen LogP contribution in [0.3, 0.4) is 0 Å². The van der Waals surface area contributed by atoms with Gasteiger partial charge in [-0.2, -0.15) is 0 Å². The summed E-state index contributed by atoms with van der Waals surface area (Å²) in [4.78, 5) is 11.3. The van der Waals surface area contributed by atoms with E-state index in [1.165, 1.54) is 6.92 Å². The highest BCUT2D eigenvalue weighted by molar-refractivity contribution is 5.66. The molecule has 1 fully saturated rings. The van der Waals surface area contributed by atoms with E-state index in [0.717, 1.165) is 12.0 Å². The first-order valence-corrected chi connectivity index (χ1v) is 7.86. The lowest BCUT2D eigenvalue weighted by Crippen LogP contribution is -2.37. The normalized spacial score (nSPS) is 26.8. The third kappa shape index (κ3) is 4.08. The molecule has 0 N–H and O–H groups in total. The molecule has 1 heterocycles. The quantitative estimate of drug-likeness (QED) is 0.755. The molecular formula is C18H26O4. The van der Waals surface area contributed by atoms with Gasteiger partial charge in [0.05, 0.1) is 18.8 Å². The Bertz CT molecular complexity index is 497. The van der Waals surface area contributed by atoms with Gasteiger partial charge in [0, 0.05) is 13.3 Å². The van der Waals surface area contributed by atoms with Gasteiger partial charge in [-0.1, -0.05) is 37.3 Å². The van der Waals surface area contributed by atoms with Gasteiger partial charge in [0.2, 0.25) is 0 Å². The molecule has 4 nitrogen and oxygen atoms in total. The first-order chi connectivity index (χ1) is 10.4. The van der Waals surface area contributed by atoms with Crippen molar-refractivity contribution in [3.63, 3.8) is 0 Å². The summed E-state index contributed by atoms with van der Waals surface area (Å²) >= 11 is 0. The molecule has 22 heavy (non-hydrogen) atoms. The summed E-state index contributed by atoms with van der Waals surface area (Å²) in [6.45, 7) is 8.51. The van der Waals surface area contributed by atoms with Gasteiger partial charge >= 0.3 is 5.97 Å². The number of hydrogen-bond acceptors (Lipinski definition) is 4. The van der Waals surface area contributed by atoms with Crippen LogP contribution < -0.4 is 0 Å². The first-order valence-electron chi connectivity index (χ1n) is 7.86. The Kier molecular flexibility index (Phi) is 5.24. The van der Waals surface area contributed by atoms with Crippen LogP contribution in [0.25, 0.3) is 0 Å². The molecule has 1 aromatic carbocycles. The number of esters is 1. The highest BCUT2D eigenvalue weighted by Crippen LogP contribution is 2.42. The molecule has 2 rings (SSSR count). The Hall–Kier alpha value is -1.39. The van der Waals surface area contributed by atoms with Crippen molar-refractivity contribution in [2.24, 2.45) is 0 Å². The summed E-state index contributed by atoms with van der Waals surface area (Å²) in [5, 5.41) is 0. The minimum absolute atomic E-state index is 0.231. The maximum absolute atomic E-state index is 11.3. The van der Waals surface area contributed by atoms with E-state index in [4.69, 9.17) is 14.2 Å². The van der Waals surface area contributed by atoms with Crippen LogP contribution in [0.5, 0.6) is 0 Å². The van der Waals surface area contributed by atoms with Crippen LogP contribution in [-0.4, -0.2) is 29.9 Å². The maximum atomic E-state index is 11.3. The highest BCUT2D eigenvalue weighted by atomic mass is 16.6. The fourth-order valence-corrected chi connectivity index (χ4v) is 2.97. The zero-order valence-corrected chi connectivity index (χ0v) is 13.9. The van der Waals surface area contributed by atoms with Gasteiger partial charge in [-0.25, -0.2) is 0 Å². The summed E-state index contributed by atoms with van der Waals surface area (Å²) in [6, 6.07) is 10.1. The summed E-state index contributed by atoms with van der Waals surface area (Å²) in [6.07, 6.45) is 1.26. The van der Waals surface area contributed by atoms with Crippen molar-refractivity contribution >= 4 is 5.97 Å². The number of carbonyl (C=O) groups excluding carboxylic acids is 1. The zero-order valence-electron chi connectivity index (χ0n) is 13.9. The molecule has 4 heteroatoms. The summed E-state index contributed by atoms with van der Waals surface area (Å²) in [5.41, 5.74) is 0.262. The molecule has 0 bridgehead atoms. The van der Waals surface area contributed by atoms with Crippen LogP contribution >= 0.6 is 0 Å². The van der Waals surface area contributed by atoms with Crippen molar-refractivity contribution in [1.82, 2.24) is 0 Å². The number of carbonyl (C=O) groups is 1. The fraction of sp³-hybridized carbons (Fsp3) is 0.611. The van der Waals surface area contributed by atoms with E-state index in [0.29, 0.717) is 19.6 Å². The molecule has 0 aliphatic carbocycles. The molecule has 0 aromatic heterocycles. The van der Waals surface area contributed by atoms with Crippen molar-refractivity contribution < 1.29 is 19.0 Å². The summed E-state index contributed by atoms with van der Waals surface area (Å²) < 4.78 is 17.5. The van der Waals surface area contributed by atoms with Crippen molar-refractivity contribution in [1.29, 1.82) is 0 Å². The lowest BCUT2D eigenvalue weighted by Gasteiger charge is -2.30. The predicted molar refractivity (Wildman–Crippen MR) is 84.5 cm³/mol. The second kappa shape index (κ2) is 6.80. The lowest BCUT2D eigenvalue weighted by molar-refractivity contribution is -0.161. The van der Waals surface area contributed by atoms with E-state index >= 15 is 0 Å². The molecule has 0 spiro atoms. The molecule has 1 aromatic rings. The molecule has 1 aliphatic heterocycles. The van der Waals surface area contributed by atoms with Gasteiger partial charge in [-0.3, -0.25) is 4.79 Å². The minimum atomic E-state index is -0.488.